The van der Waals surface area contributed by atoms with E-state index in [1.807, 2.05) is 6.07 Å². The molecule has 2 N–H and O–H groups in total. The zero-order chi connectivity index (χ0) is 18.4. The first kappa shape index (κ1) is 22.1. The zero-order valence-corrected chi connectivity index (χ0v) is 18.8. The molecule has 0 bridgehead atoms. The van der Waals surface area contributed by atoms with Gasteiger partial charge in [0.25, 0.3) is 0 Å². The third kappa shape index (κ3) is 6.14. The fourth-order valence-electron chi connectivity index (χ4n) is 3.93. The molecule has 27 heavy (non-hydrogen) atoms. The molecule has 1 aromatic rings. The average molecular weight is 488 g/mol. The first-order valence-electron chi connectivity index (χ1n) is 9.81. The van der Waals surface area contributed by atoms with Crippen LogP contribution in [0.25, 0.3) is 0 Å². The van der Waals surface area contributed by atoms with Crippen molar-refractivity contribution in [2.75, 3.05) is 46.4 Å². The number of guanidine groups is 1. The van der Waals surface area contributed by atoms with Crippen LogP contribution in [0, 0.1) is 5.92 Å². The number of benzene rings is 1. The zero-order valence-electron chi connectivity index (χ0n) is 16.5. The van der Waals surface area contributed by atoms with Gasteiger partial charge in [0, 0.05) is 26.2 Å². The Kier molecular flexibility index (Phi) is 8.95. The van der Waals surface area contributed by atoms with Crippen molar-refractivity contribution >= 4 is 29.9 Å². The Hall–Kier alpha value is -1.22. The molecule has 0 aliphatic carbocycles. The molecule has 2 aliphatic heterocycles. The summed E-state index contributed by atoms with van der Waals surface area (Å²) in [5.41, 5.74) is 0.978. The molecule has 0 amide bonds. The van der Waals surface area contributed by atoms with Gasteiger partial charge in [0.05, 0.1) is 13.7 Å². The smallest absolute Gasteiger partial charge is 0.194 e. The molecule has 3 rings (SSSR count). The summed E-state index contributed by atoms with van der Waals surface area (Å²) >= 11 is 0. The summed E-state index contributed by atoms with van der Waals surface area (Å²) in [6, 6.07) is 5.47. The van der Waals surface area contributed by atoms with Gasteiger partial charge >= 0.3 is 0 Å². The average Bonchev–Trinajstić information content (AvgIpc) is 3.31. The van der Waals surface area contributed by atoms with Crippen molar-refractivity contribution in [3.05, 3.63) is 23.8 Å². The second kappa shape index (κ2) is 10.9. The number of nitrogens with zero attached hydrogens (tertiary/aromatic N) is 3. The van der Waals surface area contributed by atoms with Gasteiger partial charge in [0.2, 0.25) is 0 Å². The molecule has 6 nitrogen and oxygen atoms in total. The van der Waals surface area contributed by atoms with E-state index in [2.05, 4.69) is 22.0 Å². The minimum atomic E-state index is 0. The molecule has 1 atom stereocenters. The maximum Gasteiger partial charge on any atom is 0.194 e. The highest BCUT2D eigenvalue weighted by Crippen LogP contribution is 2.26. The molecule has 152 valence electrons. The Balaban J connectivity index is 0.00000261. The van der Waals surface area contributed by atoms with Crippen LogP contribution in [0.15, 0.2) is 23.2 Å². The number of phenols is 1. The summed E-state index contributed by atoms with van der Waals surface area (Å²) in [7, 11) is 1.56. The van der Waals surface area contributed by atoms with Gasteiger partial charge in [0.1, 0.15) is 0 Å². The van der Waals surface area contributed by atoms with Crippen molar-refractivity contribution in [1.29, 1.82) is 0 Å². The van der Waals surface area contributed by atoms with E-state index in [4.69, 9.17) is 9.73 Å². The lowest BCUT2D eigenvalue weighted by atomic mass is 10.1. The van der Waals surface area contributed by atoms with Gasteiger partial charge in [-0.25, -0.2) is 4.99 Å². The van der Waals surface area contributed by atoms with Crippen LogP contribution in [-0.4, -0.2) is 67.2 Å². The van der Waals surface area contributed by atoms with Gasteiger partial charge in [-0.15, -0.1) is 24.0 Å². The van der Waals surface area contributed by atoms with E-state index in [9.17, 15) is 5.11 Å². The molecule has 0 spiro atoms. The molecule has 0 radical (unpaired) electrons. The number of phenolic OH excluding ortho intramolecular Hbond substituents is 1. The summed E-state index contributed by atoms with van der Waals surface area (Å²) in [5.74, 6) is 2.37. The van der Waals surface area contributed by atoms with Crippen LogP contribution in [-0.2, 0) is 6.54 Å². The number of hydrogen-bond acceptors (Lipinski definition) is 4. The van der Waals surface area contributed by atoms with Crippen LogP contribution in [0.5, 0.6) is 11.5 Å². The third-order valence-corrected chi connectivity index (χ3v) is 5.29. The van der Waals surface area contributed by atoms with Crippen LogP contribution >= 0.6 is 24.0 Å². The van der Waals surface area contributed by atoms with Crippen molar-refractivity contribution in [2.45, 2.75) is 32.7 Å². The lowest BCUT2D eigenvalue weighted by molar-refractivity contribution is 0.281. The van der Waals surface area contributed by atoms with Crippen molar-refractivity contribution in [3.8, 4) is 11.5 Å². The molecule has 2 saturated heterocycles. The van der Waals surface area contributed by atoms with E-state index < -0.39 is 0 Å². The monoisotopic (exact) mass is 488 g/mol. The number of ether oxygens (including phenoxy) is 1. The standard InChI is InChI=1S/C20H32N4O2.HI/c1-3-21-20(22-13-16-6-7-19(26-2)18(25)12-16)24-11-8-17(15-24)14-23-9-4-5-10-23;/h6-7,12,17,25H,3-5,8-11,13-15H2,1-2H3,(H,21,22);1H. The Morgan fingerprint density at radius 3 is 2.74 bits per heavy atom. The maximum absolute atomic E-state index is 9.94. The topological polar surface area (TPSA) is 60.3 Å². The van der Waals surface area contributed by atoms with Crippen LogP contribution in [0.3, 0.4) is 0 Å². The lowest BCUT2D eigenvalue weighted by Gasteiger charge is -2.23. The molecule has 0 aromatic heterocycles. The van der Waals surface area contributed by atoms with Gasteiger partial charge in [0.15, 0.2) is 17.5 Å². The van der Waals surface area contributed by atoms with E-state index in [-0.39, 0.29) is 29.7 Å². The van der Waals surface area contributed by atoms with Crippen molar-refractivity contribution < 1.29 is 9.84 Å². The first-order chi connectivity index (χ1) is 12.7. The lowest BCUT2D eigenvalue weighted by Crippen LogP contribution is -2.40. The maximum atomic E-state index is 9.94. The Morgan fingerprint density at radius 2 is 2.07 bits per heavy atom. The number of methoxy groups -OCH3 is 1. The second-order valence-corrected chi connectivity index (χ2v) is 7.28. The van der Waals surface area contributed by atoms with E-state index in [0.29, 0.717) is 12.3 Å². The first-order valence-corrected chi connectivity index (χ1v) is 9.81. The third-order valence-electron chi connectivity index (χ3n) is 5.29. The molecule has 2 fully saturated rings. The second-order valence-electron chi connectivity index (χ2n) is 7.28. The normalized spacial score (nSPS) is 20.6. The minimum absolute atomic E-state index is 0. The summed E-state index contributed by atoms with van der Waals surface area (Å²) in [6.45, 7) is 9.42. The largest absolute Gasteiger partial charge is 0.504 e. The minimum Gasteiger partial charge on any atom is -0.504 e. The molecule has 1 aromatic carbocycles. The van der Waals surface area contributed by atoms with Gasteiger partial charge in [-0.2, -0.15) is 0 Å². The number of hydrogen-bond donors (Lipinski definition) is 2. The summed E-state index contributed by atoms with van der Waals surface area (Å²) in [4.78, 5) is 9.79. The van der Waals surface area contributed by atoms with Gasteiger partial charge in [-0.1, -0.05) is 6.07 Å². The van der Waals surface area contributed by atoms with Crippen molar-refractivity contribution in [3.63, 3.8) is 0 Å². The molecule has 0 saturated carbocycles. The number of halogens is 1. The number of nitrogens with one attached hydrogen (secondary N) is 1. The Morgan fingerprint density at radius 1 is 1.30 bits per heavy atom. The van der Waals surface area contributed by atoms with Gasteiger partial charge in [-0.05, 0) is 62.9 Å². The SMILES string of the molecule is CCNC(=NCc1ccc(OC)c(O)c1)N1CCC(CN2CCCC2)C1.I. The van der Waals surface area contributed by atoms with Crippen molar-refractivity contribution in [1.82, 2.24) is 15.1 Å². The molecular formula is C20H33IN4O2. The quantitative estimate of drug-likeness (QED) is 0.367. The number of rotatable bonds is 6. The van der Waals surface area contributed by atoms with E-state index in [1.165, 1.54) is 38.9 Å². The van der Waals surface area contributed by atoms with Gasteiger partial charge in [-0.3, -0.25) is 0 Å². The van der Waals surface area contributed by atoms with Crippen LogP contribution < -0.4 is 10.1 Å². The summed E-state index contributed by atoms with van der Waals surface area (Å²) in [6.07, 6.45) is 3.95. The highest BCUT2D eigenvalue weighted by Gasteiger charge is 2.27. The molecule has 7 heteroatoms. The summed E-state index contributed by atoms with van der Waals surface area (Å²) in [5, 5.41) is 13.4. The van der Waals surface area contributed by atoms with Crippen LogP contribution in [0.4, 0.5) is 0 Å². The Bertz CT molecular complexity index is 620. The predicted octanol–water partition coefficient (Wildman–Crippen LogP) is 2.90. The van der Waals surface area contributed by atoms with Crippen LogP contribution in [0.2, 0.25) is 0 Å². The highest BCUT2D eigenvalue weighted by atomic mass is 127. The van der Waals surface area contributed by atoms with E-state index in [1.54, 1.807) is 19.2 Å². The number of aliphatic imine (C=N–C) groups is 1. The Labute approximate surface area is 180 Å². The van der Waals surface area contributed by atoms with Crippen LogP contribution in [0.1, 0.15) is 31.7 Å². The molecule has 2 aliphatic rings. The van der Waals surface area contributed by atoms with E-state index in [0.717, 1.165) is 37.1 Å². The fourth-order valence-corrected chi connectivity index (χ4v) is 3.93. The fraction of sp³-hybridized carbons (Fsp3) is 0.650. The van der Waals surface area contributed by atoms with Crippen molar-refractivity contribution in [2.24, 2.45) is 10.9 Å². The molecule has 1 unspecified atom stereocenters. The van der Waals surface area contributed by atoms with E-state index >= 15 is 0 Å². The highest BCUT2D eigenvalue weighted by molar-refractivity contribution is 14.0. The molecular weight excluding hydrogens is 455 g/mol. The summed E-state index contributed by atoms with van der Waals surface area (Å²) < 4.78 is 5.10. The number of likely N-dealkylation sites (tertiary alicyclic amines) is 2. The predicted molar refractivity (Wildman–Crippen MR) is 120 cm³/mol. The van der Waals surface area contributed by atoms with Gasteiger partial charge < -0.3 is 25.0 Å². The molecule has 2 heterocycles. The number of aromatic hydroxyl groups is 1.